The number of carbonyl (C=O) groups is 1. The molecule has 1 heterocycles. The first-order valence-electron chi connectivity index (χ1n) is 7.86. The van der Waals surface area contributed by atoms with Crippen molar-refractivity contribution in [3.05, 3.63) is 54.1 Å². The Kier molecular flexibility index (Phi) is 4.32. The number of hydrogen-bond acceptors (Lipinski definition) is 3. The molecule has 0 unspecified atom stereocenters. The standard InChI is InChI=1S/C18H20N2O3S/c1-14(21)20-12-6-7-15-13-17(10-11-18(15)20)24(22,23)19(2)16-8-4-3-5-9-16/h3-5,8-11,13H,6-7,12H2,1-2H3. The van der Waals surface area contributed by atoms with E-state index in [2.05, 4.69) is 0 Å². The minimum Gasteiger partial charge on any atom is -0.312 e. The van der Waals surface area contributed by atoms with E-state index in [-0.39, 0.29) is 10.8 Å². The van der Waals surface area contributed by atoms with Crippen molar-refractivity contribution in [2.24, 2.45) is 0 Å². The van der Waals surface area contributed by atoms with Crippen molar-refractivity contribution in [2.75, 3.05) is 22.8 Å². The van der Waals surface area contributed by atoms with E-state index in [0.717, 1.165) is 24.1 Å². The summed E-state index contributed by atoms with van der Waals surface area (Å²) in [5.74, 6) is -0.0204. The summed E-state index contributed by atoms with van der Waals surface area (Å²) in [6.45, 7) is 2.21. The maximum Gasteiger partial charge on any atom is 0.264 e. The number of benzene rings is 2. The van der Waals surface area contributed by atoms with E-state index in [1.807, 2.05) is 6.07 Å². The molecule has 1 amide bonds. The molecule has 6 heteroatoms. The molecule has 0 aliphatic carbocycles. The molecule has 0 saturated carbocycles. The van der Waals surface area contributed by atoms with Gasteiger partial charge < -0.3 is 4.90 Å². The van der Waals surface area contributed by atoms with Crippen LogP contribution in [0, 0.1) is 0 Å². The van der Waals surface area contributed by atoms with Gasteiger partial charge in [0, 0.05) is 26.2 Å². The first-order chi connectivity index (χ1) is 11.4. The van der Waals surface area contributed by atoms with Gasteiger partial charge in [-0.1, -0.05) is 18.2 Å². The van der Waals surface area contributed by atoms with Gasteiger partial charge in [0.2, 0.25) is 5.91 Å². The van der Waals surface area contributed by atoms with Crippen LogP contribution >= 0.6 is 0 Å². The maximum absolute atomic E-state index is 12.9. The van der Waals surface area contributed by atoms with E-state index in [0.29, 0.717) is 12.2 Å². The molecule has 5 nitrogen and oxygen atoms in total. The van der Waals surface area contributed by atoms with Crippen LogP contribution < -0.4 is 9.21 Å². The molecule has 0 aromatic heterocycles. The van der Waals surface area contributed by atoms with Crippen LogP contribution in [-0.2, 0) is 21.2 Å². The smallest absolute Gasteiger partial charge is 0.264 e. The molecule has 0 fully saturated rings. The third-order valence-corrected chi connectivity index (χ3v) is 6.11. The number of hydrogen-bond donors (Lipinski definition) is 0. The van der Waals surface area contributed by atoms with Crippen molar-refractivity contribution in [3.8, 4) is 0 Å². The van der Waals surface area contributed by atoms with Gasteiger partial charge in [0.25, 0.3) is 10.0 Å². The molecule has 0 saturated heterocycles. The lowest BCUT2D eigenvalue weighted by molar-refractivity contribution is -0.116. The van der Waals surface area contributed by atoms with Gasteiger partial charge in [-0.05, 0) is 48.7 Å². The van der Waals surface area contributed by atoms with Crippen molar-refractivity contribution in [1.82, 2.24) is 0 Å². The molecule has 1 aliphatic heterocycles. The van der Waals surface area contributed by atoms with Gasteiger partial charge in [-0.25, -0.2) is 8.42 Å². The minimum atomic E-state index is -3.63. The Morgan fingerprint density at radius 1 is 1.12 bits per heavy atom. The lowest BCUT2D eigenvalue weighted by Crippen LogP contribution is -2.34. The van der Waals surface area contributed by atoms with E-state index in [1.54, 1.807) is 54.4 Å². The highest BCUT2D eigenvalue weighted by Gasteiger charge is 2.25. The number of nitrogens with zero attached hydrogens (tertiary/aromatic N) is 2. The molecule has 0 radical (unpaired) electrons. The van der Waals surface area contributed by atoms with E-state index < -0.39 is 10.0 Å². The van der Waals surface area contributed by atoms with Crippen molar-refractivity contribution >= 4 is 27.3 Å². The predicted octanol–water partition coefficient (Wildman–Crippen LogP) is 2.81. The zero-order chi connectivity index (χ0) is 17.3. The Balaban J connectivity index is 1.99. The summed E-state index contributed by atoms with van der Waals surface area (Å²) in [6.07, 6.45) is 1.61. The zero-order valence-corrected chi connectivity index (χ0v) is 14.6. The van der Waals surface area contributed by atoms with E-state index >= 15 is 0 Å². The van der Waals surface area contributed by atoms with Gasteiger partial charge in [0.15, 0.2) is 0 Å². The summed E-state index contributed by atoms with van der Waals surface area (Å²) in [7, 11) is -2.09. The highest BCUT2D eigenvalue weighted by molar-refractivity contribution is 7.92. The predicted molar refractivity (Wildman–Crippen MR) is 94.8 cm³/mol. The fourth-order valence-corrected chi connectivity index (χ4v) is 4.24. The molecule has 2 aromatic carbocycles. The molecule has 2 aromatic rings. The molecule has 0 bridgehead atoms. The quantitative estimate of drug-likeness (QED) is 0.860. The summed E-state index contributed by atoms with van der Waals surface area (Å²) < 4.78 is 27.0. The highest BCUT2D eigenvalue weighted by atomic mass is 32.2. The number of para-hydroxylation sites is 1. The van der Waals surface area contributed by atoms with Crippen LogP contribution in [0.4, 0.5) is 11.4 Å². The summed E-state index contributed by atoms with van der Waals surface area (Å²) in [5, 5.41) is 0. The average molecular weight is 344 g/mol. The van der Waals surface area contributed by atoms with Crippen LogP contribution in [0.25, 0.3) is 0 Å². The fraction of sp³-hybridized carbons (Fsp3) is 0.278. The summed E-state index contributed by atoms with van der Waals surface area (Å²) in [4.78, 5) is 13.7. The molecule has 24 heavy (non-hydrogen) atoms. The maximum atomic E-state index is 12.9. The number of aryl methyl sites for hydroxylation is 1. The Morgan fingerprint density at radius 2 is 1.83 bits per heavy atom. The molecule has 3 rings (SSSR count). The van der Waals surface area contributed by atoms with Gasteiger partial charge in [-0.15, -0.1) is 0 Å². The molecule has 126 valence electrons. The first kappa shape index (κ1) is 16.5. The van der Waals surface area contributed by atoms with Gasteiger partial charge >= 0.3 is 0 Å². The van der Waals surface area contributed by atoms with Crippen molar-refractivity contribution in [1.29, 1.82) is 0 Å². The van der Waals surface area contributed by atoms with Crippen LogP contribution in [0.2, 0.25) is 0 Å². The zero-order valence-electron chi connectivity index (χ0n) is 13.8. The first-order valence-corrected chi connectivity index (χ1v) is 9.30. The Bertz CT molecular complexity index is 863. The third kappa shape index (κ3) is 2.89. The van der Waals surface area contributed by atoms with Crippen LogP contribution in [0.15, 0.2) is 53.4 Å². The monoisotopic (exact) mass is 344 g/mol. The van der Waals surface area contributed by atoms with Crippen LogP contribution in [-0.4, -0.2) is 27.9 Å². The normalized spacial score (nSPS) is 14.2. The number of fused-ring (bicyclic) bond motifs is 1. The number of sulfonamides is 1. The second-order valence-corrected chi connectivity index (χ2v) is 7.84. The molecular weight excluding hydrogens is 324 g/mol. The van der Waals surface area contributed by atoms with Gasteiger partial charge in [-0.2, -0.15) is 0 Å². The average Bonchev–Trinajstić information content (AvgIpc) is 2.60. The fourth-order valence-electron chi connectivity index (χ4n) is 3.00. The summed E-state index contributed by atoms with van der Waals surface area (Å²) in [6, 6.07) is 14.0. The van der Waals surface area contributed by atoms with Crippen LogP contribution in [0.3, 0.4) is 0 Å². The highest BCUT2D eigenvalue weighted by Crippen LogP contribution is 2.31. The Morgan fingerprint density at radius 3 is 2.50 bits per heavy atom. The second kappa shape index (κ2) is 6.28. The lowest BCUT2D eigenvalue weighted by atomic mass is 10.0. The number of amides is 1. The van der Waals surface area contributed by atoms with Crippen molar-refractivity contribution in [2.45, 2.75) is 24.7 Å². The SMILES string of the molecule is CC(=O)N1CCCc2cc(S(=O)(=O)N(C)c3ccccc3)ccc21. The van der Waals surface area contributed by atoms with Crippen molar-refractivity contribution in [3.63, 3.8) is 0 Å². The molecule has 0 spiro atoms. The third-order valence-electron chi connectivity index (χ3n) is 4.33. The van der Waals surface area contributed by atoms with Gasteiger partial charge in [0.1, 0.15) is 0 Å². The Labute approximate surface area is 142 Å². The molecule has 0 N–H and O–H groups in total. The van der Waals surface area contributed by atoms with Gasteiger partial charge in [-0.3, -0.25) is 9.10 Å². The van der Waals surface area contributed by atoms with E-state index in [4.69, 9.17) is 0 Å². The number of carbonyl (C=O) groups excluding carboxylic acids is 1. The minimum absolute atomic E-state index is 0.0204. The molecule has 1 aliphatic rings. The summed E-state index contributed by atoms with van der Waals surface area (Å²) >= 11 is 0. The van der Waals surface area contributed by atoms with Gasteiger partial charge in [0.05, 0.1) is 10.6 Å². The summed E-state index contributed by atoms with van der Waals surface area (Å²) in [5.41, 5.74) is 2.33. The van der Waals surface area contributed by atoms with Crippen LogP contribution in [0.5, 0.6) is 0 Å². The van der Waals surface area contributed by atoms with E-state index in [1.165, 1.54) is 11.2 Å². The van der Waals surface area contributed by atoms with Crippen LogP contribution in [0.1, 0.15) is 18.9 Å². The van der Waals surface area contributed by atoms with Crippen molar-refractivity contribution < 1.29 is 13.2 Å². The largest absolute Gasteiger partial charge is 0.312 e. The topological polar surface area (TPSA) is 57.7 Å². The molecule has 0 atom stereocenters. The number of rotatable bonds is 3. The lowest BCUT2D eigenvalue weighted by Gasteiger charge is -2.29. The second-order valence-electron chi connectivity index (χ2n) is 5.87. The Hall–Kier alpha value is -2.34. The number of anilines is 2. The van der Waals surface area contributed by atoms with E-state index in [9.17, 15) is 13.2 Å². The molecular formula is C18H20N2O3S.